The molecule has 2 nitrogen and oxygen atoms in total. The molecule has 1 saturated carbocycles. The molecule has 1 aromatic rings. The number of piperazine rings is 1. The minimum Gasteiger partial charge on any atom is -0.314 e. The predicted octanol–water partition coefficient (Wildman–Crippen LogP) is 4.53. The van der Waals surface area contributed by atoms with E-state index in [1.54, 1.807) is 0 Å². The molecule has 1 heterocycles. The van der Waals surface area contributed by atoms with Gasteiger partial charge < -0.3 is 5.32 Å². The summed E-state index contributed by atoms with van der Waals surface area (Å²) in [5.74, 6) is 0.416. The molecule has 0 amide bonds. The van der Waals surface area contributed by atoms with Crippen LogP contribution in [0.15, 0.2) is 18.2 Å². The van der Waals surface area contributed by atoms with Crippen molar-refractivity contribution in [2.45, 2.75) is 31.5 Å². The minimum absolute atomic E-state index is 0. The van der Waals surface area contributed by atoms with Gasteiger partial charge >= 0.3 is 6.18 Å². The highest BCUT2D eigenvalue weighted by Crippen LogP contribution is 2.44. The molecular formula is C16H21Cl2F3N2. The summed E-state index contributed by atoms with van der Waals surface area (Å²) in [5.41, 5.74) is 0.0365. The second kappa shape index (κ2) is 7.60. The van der Waals surface area contributed by atoms with Gasteiger partial charge in [0.05, 0.1) is 5.56 Å². The third-order valence-electron chi connectivity index (χ3n) is 4.78. The van der Waals surface area contributed by atoms with E-state index >= 15 is 0 Å². The van der Waals surface area contributed by atoms with E-state index in [1.165, 1.54) is 12.1 Å². The summed E-state index contributed by atoms with van der Waals surface area (Å²) in [6.45, 7) is 3.46. The lowest BCUT2D eigenvalue weighted by atomic mass is 9.76. The van der Waals surface area contributed by atoms with Gasteiger partial charge in [-0.25, -0.2) is 0 Å². The van der Waals surface area contributed by atoms with Gasteiger partial charge in [-0.05, 0) is 42.5 Å². The fraction of sp³-hybridized carbons (Fsp3) is 0.625. The van der Waals surface area contributed by atoms with Crippen LogP contribution in [0, 0.1) is 5.92 Å². The largest absolute Gasteiger partial charge is 0.416 e. The van der Waals surface area contributed by atoms with Crippen molar-refractivity contribution in [2.24, 2.45) is 5.92 Å². The molecule has 2 fully saturated rings. The average molecular weight is 369 g/mol. The van der Waals surface area contributed by atoms with Crippen LogP contribution < -0.4 is 5.32 Å². The Morgan fingerprint density at radius 2 is 1.83 bits per heavy atom. The van der Waals surface area contributed by atoms with Gasteiger partial charge in [-0.3, -0.25) is 4.90 Å². The number of rotatable bonds is 3. The highest BCUT2D eigenvalue weighted by Gasteiger charge is 2.37. The van der Waals surface area contributed by atoms with Gasteiger partial charge in [0.25, 0.3) is 0 Å². The number of nitrogens with one attached hydrogen (secondary N) is 1. The fourth-order valence-corrected chi connectivity index (χ4v) is 3.64. The third kappa shape index (κ3) is 4.13. The molecule has 1 saturated heterocycles. The Hall–Kier alpha value is -0.490. The number of nitrogens with zero attached hydrogens (tertiary/aromatic N) is 1. The molecule has 0 aromatic heterocycles. The SMILES string of the molecule is Cl.FC(F)(F)c1ccc(Cl)c([C@@H](C2CCC2)N2CCNCC2)c1. The lowest BCUT2D eigenvalue weighted by Gasteiger charge is -2.43. The van der Waals surface area contributed by atoms with Crippen molar-refractivity contribution >= 4 is 24.0 Å². The van der Waals surface area contributed by atoms with Crippen LogP contribution in [0.2, 0.25) is 5.02 Å². The summed E-state index contributed by atoms with van der Waals surface area (Å²) in [4.78, 5) is 2.29. The molecule has 1 aliphatic carbocycles. The van der Waals surface area contributed by atoms with Crippen molar-refractivity contribution in [1.29, 1.82) is 0 Å². The van der Waals surface area contributed by atoms with E-state index in [1.807, 2.05) is 0 Å². The topological polar surface area (TPSA) is 15.3 Å². The van der Waals surface area contributed by atoms with Crippen LogP contribution in [0.4, 0.5) is 13.2 Å². The number of hydrogen-bond acceptors (Lipinski definition) is 2. The minimum atomic E-state index is -4.33. The van der Waals surface area contributed by atoms with E-state index in [9.17, 15) is 13.2 Å². The Morgan fingerprint density at radius 1 is 1.17 bits per heavy atom. The first-order chi connectivity index (χ1) is 10.5. The maximum absolute atomic E-state index is 13.0. The van der Waals surface area contributed by atoms with Crippen LogP contribution in [0.5, 0.6) is 0 Å². The lowest BCUT2D eigenvalue weighted by Crippen LogP contribution is -2.48. The molecule has 23 heavy (non-hydrogen) atoms. The molecule has 1 atom stereocenters. The zero-order chi connectivity index (χ0) is 15.7. The Balaban J connectivity index is 0.00000192. The number of alkyl halides is 3. The first-order valence-corrected chi connectivity index (χ1v) is 8.16. The molecule has 0 spiro atoms. The van der Waals surface area contributed by atoms with Crippen molar-refractivity contribution in [3.63, 3.8) is 0 Å². The first-order valence-electron chi connectivity index (χ1n) is 7.78. The molecule has 130 valence electrons. The van der Waals surface area contributed by atoms with Gasteiger partial charge in [-0.15, -0.1) is 12.4 Å². The molecule has 0 unspecified atom stereocenters. The van der Waals surface area contributed by atoms with Crippen molar-refractivity contribution in [3.05, 3.63) is 34.3 Å². The van der Waals surface area contributed by atoms with Crippen LogP contribution in [0.3, 0.4) is 0 Å². The molecule has 0 bridgehead atoms. The van der Waals surface area contributed by atoms with Crippen LogP contribution >= 0.6 is 24.0 Å². The number of hydrogen-bond donors (Lipinski definition) is 1. The first kappa shape index (κ1) is 18.8. The number of halogens is 5. The third-order valence-corrected chi connectivity index (χ3v) is 5.13. The highest BCUT2D eigenvalue weighted by molar-refractivity contribution is 6.31. The molecule has 1 N–H and O–H groups in total. The Bertz CT molecular complexity index is 527. The Labute approximate surface area is 145 Å². The van der Waals surface area contributed by atoms with Gasteiger partial charge in [0.1, 0.15) is 0 Å². The van der Waals surface area contributed by atoms with Crippen LogP contribution in [0.1, 0.15) is 36.4 Å². The van der Waals surface area contributed by atoms with Crippen molar-refractivity contribution in [2.75, 3.05) is 26.2 Å². The monoisotopic (exact) mass is 368 g/mol. The predicted molar refractivity (Wildman–Crippen MR) is 88.2 cm³/mol. The van der Waals surface area contributed by atoms with Crippen LogP contribution in [-0.4, -0.2) is 31.1 Å². The highest BCUT2D eigenvalue weighted by atomic mass is 35.5. The van der Waals surface area contributed by atoms with Crippen LogP contribution in [-0.2, 0) is 6.18 Å². The van der Waals surface area contributed by atoms with Crippen molar-refractivity contribution in [3.8, 4) is 0 Å². The second-order valence-corrected chi connectivity index (χ2v) is 6.56. The van der Waals surface area contributed by atoms with E-state index in [0.29, 0.717) is 16.5 Å². The van der Waals surface area contributed by atoms with Crippen LogP contribution in [0.25, 0.3) is 0 Å². The molecule has 7 heteroatoms. The van der Waals surface area contributed by atoms with Gasteiger partial charge in [0.2, 0.25) is 0 Å². The van der Waals surface area contributed by atoms with Gasteiger partial charge in [-0.2, -0.15) is 13.2 Å². The van der Waals surface area contributed by atoms with E-state index in [2.05, 4.69) is 10.2 Å². The summed E-state index contributed by atoms with van der Waals surface area (Å²) < 4.78 is 39.1. The van der Waals surface area contributed by atoms with E-state index in [-0.39, 0.29) is 18.4 Å². The van der Waals surface area contributed by atoms with Crippen molar-refractivity contribution < 1.29 is 13.2 Å². The molecule has 0 radical (unpaired) electrons. The van der Waals surface area contributed by atoms with Gasteiger partial charge in [-0.1, -0.05) is 18.0 Å². The summed E-state index contributed by atoms with van der Waals surface area (Å²) >= 11 is 6.28. The molecule has 2 aliphatic rings. The lowest BCUT2D eigenvalue weighted by molar-refractivity contribution is -0.137. The summed E-state index contributed by atoms with van der Waals surface area (Å²) in [6, 6.07) is 3.73. The van der Waals surface area contributed by atoms with E-state index in [0.717, 1.165) is 51.5 Å². The maximum atomic E-state index is 13.0. The second-order valence-electron chi connectivity index (χ2n) is 6.16. The number of benzene rings is 1. The molecule has 3 rings (SSSR count). The quantitative estimate of drug-likeness (QED) is 0.843. The summed E-state index contributed by atoms with van der Waals surface area (Å²) in [7, 11) is 0. The average Bonchev–Trinajstić information content (AvgIpc) is 2.43. The molecule has 1 aliphatic heterocycles. The standard InChI is InChI=1S/C16H20ClF3N2.ClH/c17-14-5-4-12(16(18,19)20)10-13(14)15(11-2-1-3-11)22-8-6-21-7-9-22;/h4-5,10-11,15,21H,1-3,6-9H2;1H/t15-;/m1./s1. The van der Waals surface area contributed by atoms with Gasteiger partial charge in [0, 0.05) is 37.2 Å². The van der Waals surface area contributed by atoms with E-state index < -0.39 is 11.7 Å². The smallest absolute Gasteiger partial charge is 0.314 e. The molecule has 1 aromatic carbocycles. The van der Waals surface area contributed by atoms with Gasteiger partial charge in [0.15, 0.2) is 0 Å². The van der Waals surface area contributed by atoms with E-state index in [4.69, 9.17) is 11.6 Å². The fourth-order valence-electron chi connectivity index (χ4n) is 3.41. The Kier molecular flexibility index (Phi) is 6.22. The van der Waals surface area contributed by atoms with Crippen molar-refractivity contribution in [1.82, 2.24) is 10.2 Å². The molecular weight excluding hydrogens is 348 g/mol. The maximum Gasteiger partial charge on any atom is 0.416 e. The zero-order valence-electron chi connectivity index (χ0n) is 12.7. The summed E-state index contributed by atoms with van der Waals surface area (Å²) in [5, 5.41) is 3.74. The normalized spacial score (nSPS) is 21.4. The Morgan fingerprint density at radius 3 is 2.35 bits per heavy atom. The summed E-state index contributed by atoms with van der Waals surface area (Å²) in [6.07, 6.45) is -1.03. The zero-order valence-corrected chi connectivity index (χ0v) is 14.3.